The number of esters is 1. The van der Waals surface area contributed by atoms with Gasteiger partial charge in [0.25, 0.3) is 11.8 Å². The summed E-state index contributed by atoms with van der Waals surface area (Å²) in [6.45, 7) is 0. The Hall–Kier alpha value is -7.01. The SMILES string of the molecule is Nc1nc(/C(=N/OC(c2ccccc2)(c2ccccc2)c2ccccc2)C(=O)N[C@@H]2C(=O)N3C(C(=O)OC(c4ccccc4)c4ccccc4)=C(Sc4nncs4)CC[C@H]23)ns1. The molecule has 2 aromatic heterocycles. The van der Waals surface area contributed by atoms with Crippen LogP contribution in [0, 0.1) is 0 Å². The van der Waals surface area contributed by atoms with Crippen LogP contribution in [-0.4, -0.2) is 60.0 Å². The van der Waals surface area contributed by atoms with Gasteiger partial charge in [-0.15, -0.1) is 10.2 Å². The molecule has 2 aliphatic rings. The van der Waals surface area contributed by atoms with Crippen molar-refractivity contribution >= 4 is 63.3 Å². The molecular formula is C46H36N8O5S3. The summed E-state index contributed by atoms with van der Waals surface area (Å²) in [6, 6.07) is 45.9. The third kappa shape index (κ3) is 7.98. The highest BCUT2D eigenvalue weighted by Gasteiger charge is 2.54. The summed E-state index contributed by atoms with van der Waals surface area (Å²) >= 11 is 3.49. The van der Waals surface area contributed by atoms with E-state index in [4.69, 9.17) is 15.3 Å². The van der Waals surface area contributed by atoms with Crippen LogP contribution in [-0.2, 0) is 29.6 Å². The molecule has 0 bridgehead atoms. The fraction of sp³-hybridized carbons (Fsp3) is 0.130. The molecule has 0 spiro atoms. The summed E-state index contributed by atoms with van der Waals surface area (Å²) < 4.78 is 11.2. The number of nitrogens with two attached hydrogens (primary N) is 1. The third-order valence-electron chi connectivity index (χ3n) is 10.5. The lowest BCUT2D eigenvalue weighted by Crippen LogP contribution is -2.72. The molecule has 1 saturated heterocycles. The quantitative estimate of drug-likeness (QED) is 0.0364. The van der Waals surface area contributed by atoms with Crippen LogP contribution >= 0.6 is 34.6 Å². The van der Waals surface area contributed by atoms with Crippen LogP contribution in [0.5, 0.6) is 0 Å². The first-order valence-corrected chi connectivity index (χ1v) is 22.0. The molecule has 62 heavy (non-hydrogen) atoms. The van der Waals surface area contributed by atoms with Gasteiger partial charge in [-0.1, -0.05) is 180 Å². The van der Waals surface area contributed by atoms with Gasteiger partial charge in [-0.05, 0) is 24.0 Å². The number of nitrogens with one attached hydrogen (secondary N) is 1. The molecule has 308 valence electrons. The molecule has 16 heteroatoms. The van der Waals surface area contributed by atoms with Gasteiger partial charge in [-0.25, -0.2) is 4.79 Å². The second kappa shape index (κ2) is 17.9. The van der Waals surface area contributed by atoms with Gasteiger partial charge >= 0.3 is 5.97 Å². The highest BCUT2D eigenvalue weighted by atomic mass is 32.2. The maximum Gasteiger partial charge on any atom is 0.356 e. The van der Waals surface area contributed by atoms with Gasteiger partial charge in [0.05, 0.1) is 6.04 Å². The number of allylic oxidation sites excluding steroid dienone is 1. The van der Waals surface area contributed by atoms with Crippen molar-refractivity contribution in [1.29, 1.82) is 0 Å². The number of fused-ring (bicyclic) bond motifs is 1. The Morgan fingerprint density at radius 1 is 0.823 bits per heavy atom. The molecule has 0 unspecified atom stereocenters. The number of hydrogen-bond acceptors (Lipinski definition) is 14. The molecule has 0 saturated carbocycles. The van der Waals surface area contributed by atoms with Gasteiger partial charge in [0.2, 0.25) is 17.1 Å². The Morgan fingerprint density at radius 3 is 1.87 bits per heavy atom. The number of hydrogen-bond donors (Lipinski definition) is 2. The molecule has 9 rings (SSSR count). The Labute approximate surface area is 368 Å². The summed E-state index contributed by atoms with van der Waals surface area (Å²) in [5.74, 6) is -2.03. The molecule has 2 amide bonds. The van der Waals surface area contributed by atoms with Gasteiger partial charge in [0.15, 0.2) is 15.6 Å². The zero-order chi connectivity index (χ0) is 42.5. The lowest BCUT2D eigenvalue weighted by Gasteiger charge is -2.50. The summed E-state index contributed by atoms with van der Waals surface area (Å²) in [6.07, 6.45) is 0.0714. The summed E-state index contributed by atoms with van der Waals surface area (Å²) in [5.41, 5.74) is 9.87. The second-order valence-corrected chi connectivity index (χ2v) is 17.2. The number of ether oxygens (including phenoxy) is 1. The number of β-lactam (4-membered cyclic amide) rings is 1. The smallest absolute Gasteiger partial charge is 0.356 e. The van der Waals surface area contributed by atoms with Crippen molar-refractivity contribution in [2.24, 2.45) is 5.16 Å². The number of nitrogen functional groups attached to an aromatic ring is 1. The molecule has 2 aliphatic heterocycles. The molecule has 4 heterocycles. The molecule has 3 N–H and O–H groups in total. The number of benzene rings is 5. The number of aromatic nitrogens is 4. The zero-order valence-corrected chi connectivity index (χ0v) is 35.1. The highest BCUT2D eigenvalue weighted by Crippen LogP contribution is 2.45. The second-order valence-electron chi connectivity index (χ2n) is 14.2. The van der Waals surface area contributed by atoms with E-state index in [1.54, 1.807) is 5.51 Å². The van der Waals surface area contributed by atoms with E-state index >= 15 is 0 Å². The third-order valence-corrected chi connectivity index (χ3v) is 13.0. The average molecular weight is 877 g/mol. The maximum atomic E-state index is 14.5. The van der Waals surface area contributed by atoms with Crippen LogP contribution in [0.4, 0.5) is 5.13 Å². The molecule has 1 fully saturated rings. The highest BCUT2D eigenvalue weighted by molar-refractivity contribution is 8.04. The Kier molecular flexibility index (Phi) is 11.7. The summed E-state index contributed by atoms with van der Waals surface area (Å²) in [7, 11) is 0. The van der Waals surface area contributed by atoms with Crippen molar-refractivity contribution in [1.82, 2.24) is 29.8 Å². The van der Waals surface area contributed by atoms with E-state index in [9.17, 15) is 14.4 Å². The minimum Gasteiger partial charge on any atom is -0.448 e. The van der Waals surface area contributed by atoms with Crippen molar-refractivity contribution in [2.45, 2.75) is 41.0 Å². The van der Waals surface area contributed by atoms with Gasteiger partial charge in [-0.3, -0.25) is 14.5 Å². The van der Waals surface area contributed by atoms with Gasteiger partial charge < -0.3 is 20.6 Å². The monoisotopic (exact) mass is 876 g/mol. The maximum absolute atomic E-state index is 14.5. The van der Waals surface area contributed by atoms with Crippen LogP contribution in [0.3, 0.4) is 0 Å². The fourth-order valence-corrected chi connectivity index (χ4v) is 9.83. The van der Waals surface area contributed by atoms with E-state index in [0.29, 0.717) is 22.1 Å². The minimum atomic E-state index is -1.33. The Morgan fingerprint density at radius 2 is 1.37 bits per heavy atom. The zero-order valence-electron chi connectivity index (χ0n) is 32.7. The normalized spacial score (nSPS) is 16.4. The number of rotatable bonds is 14. The standard InChI is InChI=1S/C46H36N8O5S3/c47-44-50-40(53-62-44)37(52-59-46(31-20-10-3-11-21-31,32-22-12-4-13-23-32)33-24-14-5-15-25-33)41(55)49-36-34-26-27-35(61-45-51-48-28-60-45)38(54(34)42(36)56)43(57)58-39(29-16-6-1-7-17-29)30-18-8-2-9-19-30/h1-25,28,34,36,39H,26-27H2,(H,49,55)(H2,47,50,53)/b52-37-/t34-,36+/m1/s1. The van der Waals surface area contributed by atoms with Gasteiger partial charge in [-0.2, -0.15) is 9.36 Å². The van der Waals surface area contributed by atoms with E-state index in [0.717, 1.165) is 39.3 Å². The van der Waals surface area contributed by atoms with Gasteiger partial charge in [0.1, 0.15) is 17.2 Å². The van der Waals surface area contributed by atoms with E-state index in [1.807, 2.05) is 152 Å². The van der Waals surface area contributed by atoms with Crippen LogP contribution in [0.25, 0.3) is 0 Å². The van der Waals surface area contributed by atoms with E-state index in [-0.39, 0.29) is 22.4 Å². The van der Waals surface area contributed by atoms with Crippen LogP contribution in [0.2, 0.25) is 0 Å². The molecule has 7 aromatic rings. The van der Waals surface area contributed by atoms with Crippen molar-refractivity contribution in [2.75, 3.05) is 5.73 Å². The largest absolute Gasteiger partial charge is 0.448 e. The van der Waals surface area contributed by atoms with E-state index in [2.05, 4.69) is 30.0 Å². The van der Waals surface area contributed by atoms with E-state index in [1.165, 1.54) is 28.0 Å². The predicted octanol–water partition coefficient (Wildman–Crippen LogP) is 7.51. The number of anilines is 1. The Bertz CT molecular complexity index is 2600. The molecular weight excluding hydrogens is 841 g/mol. The van der Waals surface area contributed by atoms with Crippen LogP contribution < -0.4 is 11.1 Å². The molecule has 5 aromatic carbocycles. The number of amides is 2. The Balaban J connectivity index is 1.04. The van der Waals surface area contributed by atoms with Crippen molar-refractivity contribution in [3.05, 3.63) is 201 Å². The first-order valence-electron chi connectivity index (χ1n) is 19.5. The average Bonchev–Trinajstić information content (AvgIpc) is 4.01. The molecule has 0 radical (unpaired) electrons. The number of carbonyl (C=O) groups excluding carboxylic acids is 3. The van der Waals surface area contributed by atoms with E-state index < -0.39 is 41.6 Å². The number of oxime groups is 1. The first-order chi connectivity index (χ1) is 30.4. The van der Waals surface area contributed by atoms with Crippen LogP contribution in [0.1, 0.15) is 52.6 Å². The number of thioether (sulfide) groups is 1. The van der Waals surface area contributed by atoms with Crippen molar-refractivity contribution < 1.29 is 24.0 Å². The summed E-state index contributed by atoms with van der Waals surface area (Å²) in [4.78, 5) is 56.4. The van der Waals surface area contributed by atoms with Crippen molar-refractivity contribution in [3.8, 4) is 0 Å². The number of carbonyl (C=O) groups is 3. The lowest BCUT2D eigenvalue weighted by atomic mass is 9.80. The fourth-order valence-electron chi connectivity index (χ4n) is 7.69. The predicted molar refractivity (Wildman–Crippen MR) is 237 cm³/mol. The lowest BCUT2D eigenvalue weighted by molar-refractivity contribution is -0.158. The van der Waals surface area contributed by atoms with Gasteiger partial charge in [0, 0.05) is 33.1 Å². The van der Waals surface area contributed by atoms with Crippen LogP contribution in [0.15, 0.2) is 177 Å². The molecule has 13 nitrogen and oxygen atoms in total. The topological polar surface area (TPSA) is 175 Å². The first kappa shape index (κ1) is 40.4. The molecule has 0 aliphatic carbocycles. The molecule has 2 atom stereocenters. The number of nitrogens with zero attached hydrogens (tertiary/aromatic N) is 6. The summed E-state index contributed by atoms with van der Waals surface area (Å²) in [5, 5.41) is 15.7. The minimum absolute atomic E-state index is 0.0758. The van der Waals surface area contributed by atoms with Crippen molar-refractivity contribution in [3.63, 3.8) is 0 Å².